The van der Waals surface area contributed by atoms with Crippen molar-refractivity contribution >= 4 is 69.9 Å². The molecule has 1 aromatic heterocycles. The highest BCUT2D eigenvalue weighted by molar-refractivity contribution is 7.86. The summed E-state index contributed by atoms with van der Waals surface area (Å²) < 4.78 is 68.6. The highest BCUT2D eigenvalue weighted by atomic mass is 32.2. The first-order valence-electron chi connectivity index (χ1n) is 10.9. The molecule has 0 bridgehead atoms. The minimum atomic E-state index is -4.95. The Morgan fingerprint density at radius 3 is 2.24 bits per heavy atom. The van der Waals surface area contributed by atoms with Crippen LogP contribution in [-0.2, 0) is 26.8 Å². The number of hydrogen-bond donors (Lipinski definition) is 4. The molecule has 11 nitrogen and oxygen atoms in total. The van der Waals surface area contributed by atoms with Crippen LogP contribution in [0.15, 0.2) is 80.7 Å². The molecule has 0 unspecified atom stereocenters. The molecule has 1 heterocycles. The van der Waals surface area contributed by atoms with Gasteiger partial charge in [0.05, 0.1) is 10.6 Å². The predicted molar refractivity (Wildman–Crippen MR) is 139 cm³/mol. The molecule has 0 saturated heterocycles. The summed E-state index contributed by atoms with van der Waals surface area (Å²) in [6.07, 6.45) is 0. The second kappa shape index (κ2) is 8.52. The molecule has 0 aliphatic rings. The van der Waals surface area contributed by atoms with Gasteiger partial charge in [-0.25, -0.2) is 0 Å². The Morgan fingerprint density at radius 1 is 0.865 bits per heavy atom. The molecule has 5 rings (SSSR count). The average molecular weight is 541 g/mol. The van der Waals surface area contributed by atoms with E-state index in [0.717, 1.165) is 46.5 Å². The number of aromatic nitrogens is 1. The topological polar surface area (TPSA) is 185 Å². The maximum Gasteiger partial charge on any atom is 0.296 e. The number of benzene rings is 4. The Morgan fingerprint density at radius 2 is 1.57 bits per heavy atom. The number of azo groups is 1. The van der Waals surface area contributed by atoms with Gasteiger partial charge in [0, 0.05) is 39.4 Å². The molecule has 0 saturated carbocycles. The van der Waals surface area contributed by atoms with Gasteiger partial charge in [-0.1, -0.05) is 18.2 Å². The van der Waals surface area contributed by atoms with Crippen LogP contribution in [0.4, 0.5) is 17.1 Å². The predicted octanol–water partition coefficient (Wildman–Crippen LogP) is 5.16. The van der Waals surface area contributed by atoms with E-state index in [9.17, 15) is 31.0 Å². The molecule has 13 heteroatoms. The molecule has 0 fully saturated rings. The van der Waals surface area contributed by atoms with Crippen LogP contribution in [-0.4, -0.2) is 35.6 Å². The van der Waals surface area contributed by atoms with Gasteiger partial charge in [-0.2, -0.15) is 21.9 Å². The molecule has 37 heavy (non-hydrogen) atoms. The molecular formula is C24H20N4O7S2. The largest absolute Gasteiger partial charge is 0.505 e. The van der Waals surface area contributed by atoms with Crippen molar-refractivity contribution in [2.24, 2.45) is 10.2 Å². The maximum absolute atomic E-state index is 12.1. The molecular weight excluding hydrogens is 520 g/mol. The average Bonchev–Trinajstić information content (AvgIpc) is 3.14. The van der Waals surface area contributed by atoms with Crippen LogP contribution in [0, 0.1) is 0 Å². The zero-order valence-corrected chi connectivity index (χ0v) is 20.8. The van der Waals surface area contributed by atoms with E-state index in [0.29, 0.717) is 5.69 Å². The Balaban J connectivity index is 1.72. The summed E-state index contributed by atoms with van der Waals surface area (Å²) in [5, 5.41) is 20.5. The Bertz CT molecular complexity index is 2000. The number of nitrogens with zero attached hydrogens (tertiary/aromatic N) is 3. The second-order valence-corrected chi connectivity index (χ2v) is 11.1. The van der Waals surface area contributed by atoms with Crippen LogP contribution in [0.3, 0.4) is 0 Å². The van der Waals surface area contributed by atoms with Gasteiger partial charge >= 0.3 is 0 Å². The lowest BCUT2D eigenvalue weighted by molar-refractivity contribution is 0.472. The normalized spacial score (nSPS) is 12.8. The molecule has 0 aliphatic heterocycles. The van der Waals surface area contributed by atoms with E-state index in [-0.39, 0.29) is 16.5 Å². The Labute approximate surface area is 211 Å². The monoisotopic (exact) mass is 540 g/mol. The van der Waals surface area contributed by atoms with Gasteiger partial charge in [0.25, 0.3) is 20.2 Å². The summed E-state index contributed by atoms with van der Waals surface area (Å²) >= 11 is 0. The number of para-hydroxylation sites is 1. The highest BCUT2D eigenvalue weighted by Crippen LogP contribution is 2.44. The first-order valence-corrected chi connectivity index (χ1v) is 13.7. The lowest BCUT2D eigenvalue weighted by Crippen LogP contribution is -2.02. The van der Waals surface area contributed by atoms with Gasteiger partial charge in [0.15, 0.2) is 5.75 Å². The van der Waals surface area contributed by atoms with E-state index >= 15 is 0 Å². The zero-order chi connectivity index (χ0) is 26.7. The molecule has 0 aliphatic carbocycles. The van der Waals surface area contributed by atoms with Crippen LogP contribution in [0.1, 0.15) is 6.92 Å². The van der Waals surface area contributed by atoms with Crippen molar-refractivity contribution in [3.8, 4) is 5.75 Å². The third-order valence-electron chi connectivity index (χ3n) is 6.07. The van der Waals surface area contributed by atoms with Crippen LogP contribution in [0.2, 0.25) is 0 Å². The number of nitrogen functional groups attached to an aromatic ring is 1. The van der Waals surface area contributed by atoms with Gasteiger partial charge in [0.2, 0.25) is 0 Å². The van der Waals surface area contributed by atoms with Crippen LogP contribution in [0.25, 0.3) is 32.6 Å². The van der Waals surface area contributed by atoms with Crippen molar-refractivity contribution in [1.29, 1.82) is 0 Å². The molecule has 190 valence electrons. The number of phenolic OH excluding ortho intramolecular Hbond substituents is 1. The lowest BCUT2D eigenvalue weighted by atomic mass is 10.1. The maximum atomic E-state index is 12.1. The van der Waals surface area contributed by atoms with E-state index in [2.05, 4.69) is 14.8 Å². The number of fused-ring (bicyclic) bond motifs is 4. The van der Waals surface area contributed by atoms with Crippen LogP contribution in [0.5, 0.6) is 5.75 Å². The summed E-state index contributed by atoms with van der Waals surface area (Å²) in [6, 6.07) is 15.8. The molecule has 0 amide bonds. The summed E-state index contributed by atoms with van der Waals surface area (Å²) in [4.78, 5) is -1.44. The SMILES string of the molecule is CCn1c2ccccc2c2cc(N=Nc3c(S(=O)(=O)O)cc4cc(S(=O)(=O)O)cc(N)c4c3O)ccc21. The summed E-state index contributed by atoms with van der Waals surface area (Å²) in [6.45, 7) is 2.78. The van der Waals surface area contributed by atoms with E-state index in [4.69, 9.17) is 5.73 Å². The molecule has 0 atom stereocenters. The summed E-state index contributed by atoms with van der Waals surface area (Å²) in [5.74, 6) is -0.739. The number of nitrogens with two attached hydrogens (primary N) is 1. The van der Waals surface area contributed by atoms with Crippen molar-refractivity contribution in [3.63, 3.8) is 0 Å². The third-order valence-corrected chi connectivity index (χ3v) is 7.77. The number of anilines is 1. The van der Waals surface area contributed by atoms with Gasteiger partial charge in [-0.15, -0.1) is 5.11 Å². The van der Waals surface area contributed by atoms with Crippen LogP contribution >= 0.6 is 0 Å². The van der Waals surface area contributed by atoms with Crippen molar-refractivity contribution < 1.29 is 31.0 Å². The van der Waals surface area contributed by atoms with E-state index in [1.807, 2.05) is 37.3 Å². The van der Waals surface area contributed by atoms with Crippen molar-refractivity contribution in [2.45, 2.75) is 23.3 Å². The van der Waals surface area contributed by atoms with Crippen molar-refractivity contribution in [1.82, 2.24) is 4.57 Å². The number of aryl methyl sites for hydroxylation is 1. The van der Waals surface area contributed by atoms with Gasteiger partial charge in [-0.3, -0.25) is 9.11 Å². The molecule has 5 N–H and O–H groups in total. The van der Waals surface area contributed by atoms with Gasteiger partial charge in [-0.05, 0) is 54.8 Å². The fourth-order valence-electron chi connectivity index (χ4n) is 4.49. The molecule has 0 radical (unpaired) electrons. The number of phenols is 1. The van der Waals surface area contributed by atoms with E-state index < -0.39 is 41.5 Å². The van der Waals surface area contributed by atoms with E-state index in [1.54, 1.807) is 12.1 Å². The minimum absolute atomic E-state index is 0.129. The smallest absolute Gasteiger partial charge is 0.296 e. The summed E-state index contributed by atoms with van der Waals surface area (Å²) in [7, 11) is -9.63. The second-order valence-electron chi connectivity index (χ2n) is 8.30. The third kappa shape index (κ3) is 4.17. The minimum Gasteiger partial charge on any atom is -0.505 e. The Hall–Kier alpha value is -4.04. The van der Waals surface area contributed by atoms with Gasteiger partial charge < -0.3 is 15.4 Å². The summed E-state index contributed by atoms with van der Waals surface area (Å²) in [5.41, 5.74) is 7.40. The standard InChI is InChI=1S/C24H20N4O7S2/c1-2-28-19-6-4-3-5-16(19)17-11-14(7-8-20(17)28)26-27-23-21(37(33,34)35)10-13-9-15(36(30,31)32)12-18(25)22(13)24(23)29/h3-12,29H,2,25H2,1H3,(H,30,31,32)(H,33,34,35). The van der Waals surface area contributed by atoms with Crippen molar-refractivity contribution in [2.75, 3.05) is 5.73 Å². The van der Waals surface area contributed by atoms with Crippen molar-refractivity contribution in [3.05, 3.63) is 60.7 Å². The first-order chi connectivity index (χ1) is 17.4. The lowest BCUT2D eigenvalue weighted by Gasteiger charge is -2.12. The quantitative estimate of drug-likeness (QED) is 0.134. The fraction of sp³-hybridized carbons (Fsp3) is 0.0833. The molecule has 5 aromatic rings. The number of aromatic hydroxyl groups is 1. The Kier molecular flexibility index (Phi) is 5.68. The fourth-order valence-corrected chi connectivity index (χ4v) is 5.70. The molecule has 4 aromatic carbocycles. The number of hydrogen-bond acceptors (Lipinski definition) is 8. The van der Waals surface area contributed by atoms with Crippen LogP contribution < -0.4 is 5.73 Å². The first kappa shape index (κ1) is 24.6. The van der Waals surface area contributed by atoms with E-state index in [1.165, 1.54) is 0 Å². The zero-order valence-electron chi connectivity index (χ0n) is 19.2. The highest BCUT2D eigenvalue weighted by Gasteiger charge is 2.24. The number of rotatable bonds is 5. The van der Waals surface area contributed by atoms with Gasteiger partial charge in [0.1, 0.15) is 10.6 Å². The molecule has 0 spiro atoms.